The minimum Gasteiger partial charge on any atom is -0.478 e. The molecule has 0 saturated carbocycles. The second kappa shape index (κ2) is 38.9. The summed E-state index contributed by atoms with van der Waals surface area (Å²) in [5.41, 5.74) is 26.7. The Bertz CT molecular complexity index is 5910. The molecule has 26 nitrogen and oxygen atoms in total. The summed E-state index contributed by atoms with van der Waals surface area (Å²) >= 11 is 2.91. The zero-order valence-corrected chi connectivity index (χ0v) is 70.1. The van der Waals surface area contributed by atoms with Crippen molar-refractivity contribution in [3.05, 3.63) is 282 Å². The number of rotatable bonds is 19. The molecule has 9 N–H and O–H groups in total. The fourth-order valence-corrected chi connectivity index (χ4v) is 13.7. The molecule has 5 heterocycles. The number of halogens is 5. The van der Waals surface area contributed by atoms with Gasteiger partial charge in [-0.3, -0.25) is 9.59 Å². The van der Waals surface area contributed by atoms with Crippen LogP contribution in [0.5, 0.6) is 0 Å². The first-order valence-corrected chi connectivity index (χ1v) is 39.7. The van der Waals surface area contributed by atoms with E-state index in [1.807, 2.05) is 134 Å². The first-order valence-electron chi connectivity index (χ1n) is 38.9. The highest BCUT2D eigenvalue weighted by molar-refractivity contribution is 9.10. The average molecular weight is 1740 g/mol. The highest BCUT2D eigenvalue weighted by Gasteiger charge is 2.53. The molecule has 0 atom stereocenters. The lowest BCUT2D eigenvalue weighted by Gasteiger charge is -2.32. The van der Waals surface area contributed by atoms with Crippen LogP contribution in [-0.2, 0) is 44.6 Å². The summed E-state index contributed by atoms with van der Waals surface area (Å²) in [5, 5.41) is 53.3. The number of hydrogen-bond acceptors (Lipinski definition) is 23. The van der Waals surface area contributed by atoms with Gasteiger partial charge in [-0.05, 0) is 288 Å². The predicted molar refractivity (Wildman–Crippen MR) is 463 cm³/mol. The molecule has 0 spiro atoms. The van der Waals surface area contributed by atoms with Gasteiger partial charge in [-0.25, -0.2) is 22.4 Å². The molecule has 1 fully saturated rings. The smallest absolute Gasteiger partial charge is 0.478 e. The number of primary amides is 2. The molecular weight excluding hydrogens is 1650 g/mol. The standard InChI is InChI=1S/2C21H19FN4O2.C20H26BN3O3.C20H18FN3O.C7H4BrFO2.CO2.CH4/c2*1-11(2)24-21-26-25-20(28-21)14-4-3-12-5-7-15(17(12)9-14)16-8-6-13(19(23)27)10-18(16)22;1-12(2)22-18-24-23-17(25-18)14-8-7-13-9-10-16(15(13)11-14)21-26-19(3,4)20(5,6)27-21;1-12(2)22-20-24-23-19(25-20)14-8-7-13-9-10-15(17(13)11-14)16-5-3-4-6-18(16)21;8-5-2-1-4(7(10)11)3-6(5)9;2-1-3;/h2*3-4,6-11H,5H2,1-2H3,(H2,23,27)(H,24,26);7-8,10-12H,9H2,1-6H3,(H,22,24);3-8,10-12H,9H2,1-2H3,(H,22,24);1-3H,(H,10,11);;1H4. The van der Waals surface area contributed by atoms with E-state index in [-0.39, 0.29) is 83.0 Å². The van der Waals surface area contributed by atoms with Crippen molar-refractivity contribution >= 4 is 93.2 Å². The van der Waals surface area contributed by atoms with E-state index in [0.29, 0.717) is 77.2 Å². The van der Waals surface area contributed by atoms with E-state index in [1.165, 1.54) is 53.6 Å². The van der Waals surface area contributed by atoms with Crippen molar-refractivity contribution in [1.82, 2.24) is 40.8 Å². The number of aromatic nitrogens is 8. The normalized spacial score (nSPS) is 13.8. The van der Waals surface area contributed by atoms with Gasteiger partial charge >= 0.3 is 43.3 Å². The number of carbonyl (C=O) groups excluding carboxylic acids is 4. The van der Waals surface area contributed by atoms with Crippen molar-refractivity contribution in [2.45, 2.75) is 152 Å². The van der Waals surface area contributed by atoms with E-state index in [4.69, 9.17) is 53.1 Å². The number of benzene rings is 8. The van der Waals surface area contributed by atoms with Crippen LogP contribution in [0.3, 0.4) is 0 Å². The molecule has 4 aromatic heterocycles. The second-order valence-electron chi connectivity index (χ2n) is 30.9. The van der Waals surface area contributed by atoms with Gasteiger partial charge in [0.25, 0.3) is 0 Å². The van der Waals surface area contributed by atoms with Gasteiger partial charge in [-0.1, -0.05) is 107 Å². The average Bonchev–Trinajstić information content (AvgIpc) is 1.61. The number of fused-ring (bicyclic) bond motifs is 4. The number of hydrogen-bond donors (Lipinski definition) is 7. The second-order valence-corrected chi connectivity index (χ2v) is 31.7. The zero-order valence-electron chi connectivity index (χ0n) is 68.5. The number of allylic oxidation sites excluding steroid dienone is 4. The van der Waals surface area contributed by atoms with E-state index in [9.17, 15) is 31.9 Å². The van der Waals surface area contributed by atoms with E-state index in [2.05, 4.69) is 130 Å². The van der Waals surface area contributed by atoms with Crippen LogP contribution in [-0.4, -0.2) is 112 Å². The molecule has 17 rings (SSSR count). The molecular formula is C91H90BBrF4N14O12. The number of nitrogens with zero attached hydrogens (tertiary/aromatic N) is 8. The van der Waals surface area contributed by atoms with E-state index >= 15 is 0 Å². The van der Waals surface area contributed by atoms with Gasteiger partial charge in [-0.2, -0.15) is 9.59 Å². The Labute approximate surface area is 715 Å². The molecule has 634 valence electrons. The quantitative estimate of drug-likeness (QED) is 0.0292. The molecule has 8 aromatic carbocycles. The molecule has 0 unspecified atom stereocenters. The third-order valence-electron chi connectivity index (χ3n) is 20.0. The van der Waals surface area contributed by atoms with Crippen molar-refractivity contribution in [2.24, 2.45) is 11.5 Å². The topological polar surface area (TPSA) is 380 Å². The third kappa shape index (κ3) is 21.4. The number of aromatic carboxylic acids is 1. The number of carboxylic acid groups (broad SMARTS) is 1. The van der Waals surface area contributed by atoms with Crippen LogP contribution in [0.1, 0.15) is 183 Å². The van der Waals surface area contributed by atoms with Crippen molar-refractivity contribution < 1.29 is 73.6 Å². The largest absolute Gasteiger partial charge is 0.495 e. The summed E-state index contributed by atoms with van der Waals surface area (Å²) in [6.07, 6.45) is 11.5. The molecule has 32 heteroatoms. The highest BCUT2D eigenvalue weighted by atomic mass is 79.9. The molecule has 123 heavy (non-hydrogen) atoms. The zero-order chi connectivity index (χ0) is 87.6. The summed E-state index contributed by atoms with van der Waals surface area (Å²) in [6.45, 7) is 24.3. The molecule has 1 aliphatic heterocycles. The van der Waals surface area contributed by atoms with E-state index in [0.717, 1.165) is 96.7 Å². The van der Waals surface area contributed by atoms with E-state index in [1.54, 1.807) is 24.3 Å². The number of carbonyl (C=O) groups is 3. The Morgan fingerprint density at radius 3 is 1.04 bits per heavy atom. The van der Waals surface area contributed by atoms with Crippen molar-refractivity contribution in [1.29, 1.82) is 0 Å². The van der Waals surface area contributed by atoms with Crippen LogP contribution in [0.2, 0.25) is 0 Å². The van der Waals surface area contributed by atoms with Gasteiger partial charge < -0.3 is 64.8 Å². The van der Waals surface area contributed by atoms with Gasteiger partial charge in [0.05, 0.1) is 21.2 Å². The lowest BCUT2D eigenvalue weighted by Crippen LogP contribution is -2.41. The summed E-state index contributed by atoms with van der Waals surface area (Å²) in [4.78, 5) is 49.1. The number of carboxylic acids is 1. The Kier molecular flexibility index (Phi) is 28.5. The van der Waals surface area contributed by atoms with Gasteiger partial charge in [0.15, 0.2) is 0 Å². The predicted octanol–water partition coefficient (Wildman–Crippen LogP) is 18.7. The minimum absolute atomic E-state index is 0. The van der Waals surface area contributed by atoms with Gasteiger partial charge in [0, 0.05) is 74.2 Å². The van der Waals surface area contributed by atoms with Crippen LogP contribution < -0.4 is 32.7 Å². The maximum atomic E-state index is 14.6. The number of amides is 2. The van der Waals surface area contributed by atoms with Gasteiger partial charge in [0.2, 0.25) is 35.4 Å². The van der Waals surface area contributed by atoms with Crippen LogP contribution in [0, 0.1) is 23.3 Å². The molecule has 5 aliphatic rings. The molecule has 0 radical (unpaired) electrons. The summed E-state index contributed by atoms with van der Waals surface area (Å²) in [6, 6.07) is 45.2. The first kappa shape index (κ1) is 90.2. The highest BCUT2D eigenvalue weighted by Crippen LogP contribution is 2.45. The Morgan fingerprint density at radius 2 is 0.724 bits per heavy atom. The van der Waals surface area contributed by atoms with E-state index < -0.39 is 35.2 Å². The van der Waals surface area contributed by atoms with Crippen LogP contribution >= 0.6 is 15.9 Å². The van der Waals surface area contributed by atoms with Crippen molar-refractivity contribution in [2.75, 3.05) is 21.3 Å². The Morgan fingerprint density at radius 1 is 0.415 bits per heavy atom. The molecule has 1 saturated heterocycles. The van der Waals surface area contributed by atoms with Gasteiger partial charge in [0.1, 0.15) is 23.3 Å². The molecule has 0 bridgehead atoms. The fourth-order valence-electron chi connectivity index (χ4n) is 13.5. The Hall–Kier alpha value is -13.5. The first-order chi connectivity index (χ1) is 58.1. The van der Waals surface area contributed by atoms with Crippen molar-refractivity contribution in [3.8, 4) is 45.8 Å². The number of nitrogens with one attached hydrogen (secondary N) is 4. The van der Waals surface area contributed by atoms with Crippen LogP contribution in [0.4, 0.5) is 41.6 Å². The third-order valence-corrected chi connectivity index (χ3v) is 20.6. The fraction of sp³-hybridized carbons (Fsp3) is 0.253. The maximum Gasteiger partial charge on any atom is 0.495 e. The summed E-state index contributed by atoms with van der Waals surface area (Å²) in [7, 11) is -0.368. The number of nitrogens with two attached hydrogens (primary N) is 2. The monoisotopic (exact) mass is 1740 g/mol. The summed E-state index contributed by atoms with van der Waals surface area (Å²) in [5.74, 6) is -2.46. The van der Waals surface area contributed by atoms with Crippen LogP contribution in [0.25, 0.3) is 68.0 Å². The molecule has 2 amide bonds. The summed E-state index contributed by atoms with van der Waals surface area (Å²) < 4.78 is 91.6. The Balaban J connectivity index is 0.000000151. The maximum absolute atomic E-state index is 14.6. The molecule has 4 aliphatic carbocycles. The lowest BCUT2D eigenvalue weighted by atomic mass is 9.75. The SMILES string of the molecule is C.CC(C)Nc1nnc(-c2ccc3c(c2)C(B2OC(C)(C)C(C)(C)O2)=CC3)o1.CC(C)Nc1nnc(-c2ccc3c(c2)C(c2ccc(C(N)=O)cc2F)=CC3)o1.CC(C)Nc1nnc(-c2ccc3c(c2)C(c2ccc(C(N)=O)cc2F)=CC3)o1.CC(C)Nc1nnc(-c2ccc3c(c2)C(c2ccccc2F)=CC3)o1.O=C(O)c1ccc(Br)c(F)c1.O=C=O. The van der Waals surface area contributed by atoms with Gasteiger partial charge in [-0.15, -0.1) is 20.4 Å². The number of anilines is 4. The lowest BCUT2D eigenvalue weighted by molar-refractivity contribution is -0.191. The van der Waals surface area contributed by atoms with Crippen molar-refractivity contribution in [3.63, 3.8) is 0 Å². The van der Waals surface area contributed by atoms with Crippen LogP contribution in [0.15, 0.2) is 198 Å². The molecule has 12 aromatic rings. The minimum atomic E-state index is -1.13.